The predicted octanol–water partition coefficient (Wildman–Crippen LogP) is 0.490. The molecule has 0 aromatic heterocycles. The molecule has 0 fully saturated rings. The van der Waals surface area contributed by atoms with Crippen LogP contribution in [0.4, 0.5) is 0 Å². The van der Waals surface area contributed by atoms with Crippen LogP contribution in [0.25, 0.3) is 0 Å². The second kappa shape index (κ2) is 3.72. The summed E-state index contributed by atoms with van der Waals surface area (Å²) in [6.07, 6.45) is 4.61. The summed E-state index contributed by atoms with van der Waals surface area (Å²) in [5.74, 6) is -1.09. The van der Waals surface area contributed by atoms with Gasteiger partial charge in [-0.25, -0.2) is 4.79 Å². The molecule has 0 aromatic rings. The van der Waals surface area contributed by atoms with E-state index in [0.29, 0.717) is 0 Å². The van der Waals surface area contributed by atoms with Gasteiger partial charge < -0.3 is 10.8 Å². The van der Waals surface area contributed by atoms with Crippen molar-refractivity contribution < 1.29 is 9.90 Å². The van der Waals surface area contributed by atoms with Crippen molar-refractivity contribution in [3.63, 3.8) is 0 Å². The van der Waals surface area contributed by atoms with Crippen molar-refractivity contribution in [1.29, 1.82) is 0 Å². The van der Waals surface area contributed by atoms with Crippen LogP contribution in [0.5, 0.6) is 0 Å². The molecule has 0 unspecified atom stereocenters. The van der Waals surface area contributed by atoms with Gasteiger partial charge in [-0.1, -0.05) is 12.2 Å². The Hall–Kier alpha value is -1.25. The summed E-state index contributed by atoms with van der Waals surface area (Å²) in [6.45, 7) is 1.78. The highest BCUT2D eigenvalue weighted by atomic mass is 16.4. The lowest BCUT2D eigenvalue weighted by Gasteiger charge is -1.86. The maximum absolute atomic E-state index is 9.98. The van der Waals surface area contributed by atoms with Crippen molar-refractivity contribution in [2.45, 2.75) is 6.92 Å². The van der Waals surface area contributed by atoms with Crippen molar-refractivity contribution >= 4 is 5.97 Å². The first kappa shape index (κ1) is 7.75. The Labute approximate surface area is 53.5 Å². The second-order valence-electron chi connectivity index (χ2n) is 1.45. The fourth-order valence-electron chi connectivity index (χ4n) is 0.271. The molecule has 0 saturated carbocycles. The lowest BCUT2D eigenvalue weighted by Crippen LogP contribution is -2.08. The number of hydrogen-bond acceptors (Lipinski definition) is 2. The van der Waals surface area contributed by atoms with E-state index in [1.807, 2.05) is 0 Å². The molecule has 0 radical (unpaired) electrons. The first-order chi connectivity index (χ1) is 4.18. The van der Waals surface area contributed by atoms with Crippen molar-refractivity contribution in [2.24, 2.45) is 5.73 Å². The smallest absolute Gasteiger partial charge is 0.351 e. The van der Waals surface area contributed by atoms with Crippen LogP contribution in [-0.4, -0.2) is 11.1 Å². The summed E-state index contributed by atoms with van der Waals surface area (Å²) in [4.78, 5) is 9.98. The van der Waals surface area contributed by atoms with Crippen molar-refractivity contribution in [1.82, 2.24) is 0 Å². The quantitative estimate of drug-likeness (QED) is 0.419. The molecule has 3 N–H and O–H groups in total. The van der Waals surface area contributed by atoms with E-state index >= 15 is 0 Å². The number of aliphatic carboxylic acids is 1. The van der Waals surface area contributed by atoms with E-state index in [4.69, 9.17) is 10.8 Å². The molecule has 0 aromatic carbocycles. The maximum atomic E-state index is 9.98. The van der Waals surface area contributed by atoms with Crippen LogP contribution in [0, 0.1) is 0 Å². The molecule has 0 aliphatic rings. The third-order valence-electron chi connectivity index (χ3n) is 0.715. The maximum Gasteiger partial charge on any atom is 0.351 e. The van der Waals surface area contributed by atoms with Crippen molar-refractivity contribution in [2.75, 3.05) is 0 Å². The summed E-state index contributed by atoms with van der Waals surface area (Å²) in [6, 6.07) is 0. The van der Waals surface area contributed by atoms with Crippen LogP contribution in [0.1, 0.15) is 6.92 Å². The average Bonchev–Trinajstić information content (AvgIpc) is 1.82. The molecule has 0 aliphatic carbocycles. The van der Waals surface area contributed by atoms with Crippen LogP contribution in [0.15, 0.2) is 23.9 Å². The molecule has 0 rings (SSSR count). The number of rotatable bonds is 2. The van der Waals surface area contributed by atoms with E-state index in [0.717, 1.165) is 0 Å². The summed E-state index contributed by atoms with van der Waals surface area (Å²) in [7, 11) is 0. The highest BCUT2D eigenvalue weighted by Crippen LogP contribution is 1.83. The van der Waals surface area contributed by atoms with Gasteiger partial charge in [0.25, 0.3) is 0 Å². The van der Waals surface area contributed by atoms with Gasteiger partial charge in [0.2, 0.25) is 0 Å². The highest BCUT2D eigenvalue weighted by Gasteiger charge is 1.95. The number of hydrogen-bond donors (Lipinski definition) is 2. The Kier molecular flexibility index (Phi) is 3.20. The standard InChI is InChI=1S/C6H9NO2/c1-2-3-4-5(7)6(8)9/h2-4H,7H2,1H3,(H,8,9)/b3-2+,5-4-. The zero-order valence-electron chi connectivity index (χ0n) is 5.16. The normalized spacial score (nSPS) is 12.3. The fourth-order valence-corrected chi connectivity index (χ4v) is 0.271. The number of allylic oxidation sites excluding steroid dienone is 3. The van der Waals surface area contributed by atoms with E-state index in [-0.39, 0.29) is 5.70 Å². The molecule has 3 nitrogen and oxygen atoms in total. The molecule has 50 valence electrons. The van der Waals surface area contributed by atoms with Crippen LogP contribution in [0.2, 0.25) is 0 Å². The Morgan fingerprint density at radius 3 is 2.56 bits per heavy atom. The number of carbonyl (C=O) groups is 1. The zero-order valence-corrected chi connectivity index (χ0v) is 5.16. The van der Waals surface area contributed by atoms with Gasteiger partial charge in [-0.3, -0.25) is 0 Å². The third kappa shape index (κ3) is 3.34. The van der Waals surface area contributed by atoms with Gasteiger partial charge in [-0.15, -0.1) is 0 Å². The first-order valence-electron chi connectivity index (χ1n) is 2.50. The first-order valence-corrected chi connectivity index (χ1v) is 2.50. The van der Waals surface area contributed by atoms with Crippen LogP contribution >= 0.6 is 0 Å². The summed E-state index contributed by atoms with van der Waals surface area (Å²) in [5.41, 5.74) is 4.87. The van der Waals surface area contributed by atoms with Gasteiger partial charge in [0, 0.05) is 0 Å². The van der Waals surface area contributed by atoms with E-state index < -0.39 is 5.97 Å². The molecule has 0 spiro atoms. The molecule has 9 heavy (non-hydrogen) atoms. The summed E-state index contributed by atoms with van der Waals surface area (Å²) in [5, 5.41) is 8.18. The Balaban J connectivity index is 4.00. The van der Waals surface area contributed by atoms with E-state index in [9.17, 15) is 4.79 Å². The molecule has 0 heterocycles. The molecule has 0 bridgehead atoms. The molecular formula is C6H9NO2. The predicted molar refractivity (Wildman–Crippen MR) is 34.7 cm³/mol. The molecule has 0 aliphatic heterocycles. The SMILES string of the molecule is C/C=C/C=C(\N)C(=O)O. The lowest BCUT2D eigenvalue weighted by atomic mass is 10.4. The van der Waals surface area contributed by atoms with Crippen LogP contribution < -0.4 is 5.73 Å². The lowest BCUT2D eigenvalue weighted by molar-refractivity contribution is -0.132. The Bertz CT molecular complexity index is 158. The Morgan fingerprint density at radius 1 is 1.67 bits per heavy atom. The number of carboxylic acid groups (broad SMARTS) is 1. The molecule has 0 atom stereocenters. The van der Waals surface area contributed by atoms with Gasteiger partial charge in [-0.05, 0) is 13.0 Å². The van der Waals surface area contributed by atoms with Crippen molar-refractivity contribution in [3.8, 4) is 0 Å². The van der Waals surface area contributed by atoms with Crippen molar-refractivity contribution in [3.05, 3.63) is 23.9 Å². The van der Waals surface area contributed by atoms with E-state index in [1.165, 1.54) is 6.08 Å². The molecule has 0 saturated heterocycles. The van der Waals surface area contributed by atoms with Gasteiger partial charge in [0.15, 0.2) is 0 Å². The minimum Gasteiger partial charge on any atom is -0.477 e. The van der Waals surface area contributed by atoms with Gasteiger partial charge in [0.05, 0.1) is 0 Å². The fraction of sp³-hybridized carbons (Fsp3) is 0.167. The third-order valence-corrected chi connectivity index (χ3v) is 0.715. The monoisotopic (exact) mass is 127 g/mol. The van der Waals surface area contributed by atoms with Gasteiger partial charge in [0.1, 0.15) is 5.70 Å². The molecule has 3 heteroatoms. The summed E-state index contributed by atoms with van der Waals surface area (Å²) < 4.78 is 0. The highest BCUT2D eigenvalue weighted by molar-refractivity contribution is 5.85. The largest absolute Gasteiger partial charge is 0.477 e. The minimum atomic E-state index is -1.09. The van der Waals surface area contributed by atoms with Crippen LogP contribution in [-0.2, 0) is 4.79 Å². The minimum absolute atomic E-state index is 0.145. The zero-order chi connectivity index (χ0) is 7.28. The topological polar surface area (TPSA) is 63.3 Å². The average molecular weight is 127 g/mol. The number of nitrogens with two attached hydrogens (primary N) is 1. The van der Waals surface area contributed by atoms with E-state index in [1.54, 1.807) is 19.1 Å². The van der Waals surface area contributed by atoms with E-state index in [2.05, 4.69) is 0 Å². The molecular weight excluding hydrogens is 118 g/mol. The van der Waals surface area contributed by atoms with Gasteiger partial charge in [-0.2, -0.15) is 0 Å². The number of carboxylic acids is 1. The Morgan fingerprint density at radius 2 is 2.22 bits per heavy atom. The van der Waals surface area contributed by atoms with Gasteiger partial charge >= 0.3 is 5.97 Å². The molecule has 0 amide bonds. The second-order valence-corrected chi connectivity index (χ2v) is 1.45. The van der Waals surface area contributed by atoms with Crippen LogP contribution in [0.3, 0.4) is 0 Å². The summed E-state index contributed by atoms with van der Waals surface area (Å²) >= 11 is 0.